The summed E-state index contributed by atoms with van der Waals surface area (Å²) in [6, 6.07) is 39.0. The Bertz CT molecular complexity index is 1730. The van der Waals surface area contributed by atoms with Crippen LogP contribution in [-0.2, 0) is 10.0 Å². The largest absolute Gasteiger partial charge is 0.328 e. The van der Waals surface area contributed by atoms with Gasteiger partial charge in [-0.05, 0) is 63.8 Å². The molecule has 200 valence electrons. The van der Waals surface area contributed by atoms with E-state index >= 15 is 0 Å². The lowest BCUT2D eigenvalue weighted by molar-refractivity contribution is 0.319. The molecule has 1 aliphatic rings. The van der Waals surface area contributed by atoms with Gasteiger partial charge in [-0.25, -0.2) is 8.42 Å². The van der Waals surface area contributed by atoms with Gasteiger partial charge in [0.1, 0.15) is 0 Å². The standard InChI is InChI=1S/C34H30N2O3S/c37-34-19-18-33(24-35-34)40(38,39)36-22-20-32(21-23-36)31-16-14-30(15-17-31)29-12-10-28(11-13-29)27-8-6-26(7-9-27)25-4-2-1-3-5-25/h1-19,24,32H,20-23H2,(H,35,37). The van der Waals surface area contributed by atoms with Crippen molar-refractivity contribution in [3.63, 3.8) is 0 Å². The topological polar surface area (TPSA) is 70.2 Å². The van der Waals surface area contributed by atoms with E-state index in [0.29, 0.717) is 19.0 Å². The van der Waals surface area contributed by atoms with Crippen molar-refractivity contribution in [2.45, 2.75) is 23.7 Å². The van der Waals surface area contributed by atoms with Crippen LogP contribution in [0.3, 0.4) is 0 Å². The van der Waals surface area contributed by atoms with E-state index in [2.05, 4.69) is 102 Å². The molecular formula is C34H30N2O3S. The van der Waals surface area contributed by atoms with Crippen LogP contribution in [-0.4, -0.2) is 30.8 Å². The Morgan fingerprint density at radius 1 is 0.575 bits per heavy atom. The number of hydrogen-bond acceptors (Lipinski definition) is 3. The summed E-state index contributed by atoms with van der Waals surface area (Å²) in [5.41, 5.74) is 8.05. The zero-order chi connectivity index (χ0) is 27.5. The van der Waals surface area contributed by atoms with Gasteiger partial charge in [0, 0.05) is 25.4 Å². The smallest absolute Gasteiger partial charge is 0.247 e. The number of aromatic nitrogens is 1. The summed E-state index contributed by atoms with van der Waals surface area (Å²) in [6.07, 6.45) is 2.80. The normalized spacial score (nSPS) is 14.7. The lowest BCUT2D eigenvalue weighted by Crippen LogP contribution is -2.38. The molecule has 0 atom stereocenters. The second-order valence-corrected chi connectivity index (χ2v) is 12.1. The maximum atomic E-state index is 12.9. The van der Waals surface area contributed by atoms with Crippen LogP contribution in [0.2, 0.25) is 0 Å². The van der Waals surface area contributed by atoms with Gasteiger partial charge in [0.15, 0.2) is 0 Å². The Labute approximate surface area is 234 Å². The summed E-state index contributed by atoms with van der Waals surface area (Å²) < 4.78 is 27.4. The number of pyridine rings is 1. The van der Waals surface area contributed by atoms with Crippen LogP contribution in [0.4, 0.5) is 0 Å². The van der Waals surface area contributed by atoms with Gasteiger partial charge < -0.3 is 4.98 Å². The number of nitrogens with one attached hydrogen (secondary N) is 1. The summed E-state index contributed by atoms with van der Waals surface area (Å²) in [7, 11) is -3.60. The van der Waals surface area contributed by atoms with E-state index in [4.69, 9.17) is 0 Å². The van der Waals surface area contributed by atoms with Crippen LogP contribution in [0.25, 0.3) is 33.4 Å². The van der Waals surface area contributed by atoms with Crippen molar-refractivity contribution in [3.05, 3.63) is 137 Å². The Balaban J connectivity index is 1.09. The molecule has 5 nitrogen and oxygen atoms in total. The highest BCUT2D eigenvalue weighted by Gasteiger charge is 2.30. The first kappa shape index (κ1) is 26.0. The highest BCUT2D eigenvalue weighted by molar-refractivity contribution is 7.89. The molecule has 0 saturated carbocycles. The van der Waals surface area contributed by atoms with E-state index < -0.39 is 10.0 Å². The Morgan fingerprint density at radius 3 is 1.48 bits per heavy atom. The van der Waals surface area contributed by atoms with E-state index in [0.717, 1.165) is 24.0 Å². The van der Waals surface area contributed by atoms with Crippen molar-refractivity contribution in [1.82, 2.24) is 9.29 Å². The zero-order valence-electron chi connectivity index (χ0n) is 22.0. The van der Waals surface area contributed by atoms with Crippen molar-refractivity contribution >= 4 is 10.0 Å². The van der Waals surface area contributed by atoms with Gasteiger partial charge >= 0.3 is 0 Å². The Morgan fingerprint density at radius 2 is 1.02 bits per heavy atom. The van der Waals surface area contributed by atoms with Crippen LogP contribution in [0.1, 0.15) is 24.3 Å². The fraction of sp³-hybridized carbons (Fsp3) is 0.147. The molecule has 5 aromatic rings. The molecule has 0 spiro atoms. The van der Waals surface area contributed by atoms with Crippen LogP contribution in [0.15, 0.2) is 131 Å². The molecule has 0 aliphatic carbocycles. The molecule has 0 amide bonds. The van der Waals surface area contributed by atoms with Gasteiger partial charge in [0.05, 0.1) is 4.90 Å². The van der Waals surface area contributed by atoms with E-state index in [-0.39, 0.29) is 10.5 Å². The van der Waals surface area contributed by atoms with E-state index in [1.807, 2.05) is 6.07 Å². The molecule has 1 saturated heterocycles. The summed E-state index contributed by atoms with van der Waals surface area (Å²) in [4.78, 5) is 13.9. The van der Waals surface area contributed by atoms with E-state index in [1.54, 1.807) is 0 Å². The first-order chi connectivity index (χ1) is 19.5. The fourth-order valence-electron chi connectivity index (χ4n) is 5.42. The third-order valence-corrected chi connectivity index (χ3v) is 9.67. The van der Waals surface area contributed by atoms with E-state index in [9.17, 15) is 13.2 Å². The molecule has 40 heavy (non-hydrogen) atoms. The molecular weight excluding hydrogens is 516 g/mol. The van der Waals surface area contributed by atoms with Gasteiger partial charge in [-0.2, -0.15) is 4.31 Å². The molecule has 4 aromatic carbocycles. The van der Waals surface area contributed by atoms with Crippen molar-refractivity contribution in [2.24, 2.45) is 0 Å². The zero-order valence-corrected chi connectivity index (χ0v) is 22.8. The van der Waals surface area contributed by atoms with Crippen LogP contribution in [0, 0.1) is 0 Å². The molecule has 1 aromatic heterocycles. The van der Waals surface area contributed by atoms with Crippen molar-refractivity contribution in [2.75, 3.05) is 13.1 Å². The number of rotatable bonds is 6. The SMILES string of the molecule is O=c1ccc(S(=O)(=O)N2CCC(c3ccc(-c4ccc(-c5ccc(-c6ccccc6)cc5)cc4)cc3)CC2)c[nH]1. The molecule has 6 heteroatoms. The quantitative estimate of drug-likeness (QED) is 0.251. The molecule has 1 aliphatic heterocycles. The highest BCUT2D eigenvalue weighted by Crippen LogP contribution is 2.33. The van der Waals surface area contributed by atoms with Gasteiger partial charge in [-0.3, -0.25) is 4.79 Å². The summed E-state index contributed by atoms with van der Waals surface area (Å²) >= 11 is 0. The minimum absolute atomic E-state index is 0.130. The first-order valence-corrected chi connectivity index (χ1v) is 15.0. The monoisotopic (exact) mass is 546 g/mol. The van der Waals surface area contributed by atoms with Crippen molar-refractivity contribution in [3.8, 4) is 33.4 Å². The minimum atomic E-state index is -3.60. The molecule has 2 heterocycles. The third kappa shape index (κ3) is 5.41. The predicted octanol–water partition coefficient (Wildman–Crippen LogP) is 6.94. The third-order valence-electron chi connectivity index (χ3n) is 7.77. The number of benzene rings is 4. The molecule has 0 unspecified atom stereocenters. The summed E-state index contributed by atoms with van der Waals surface area (Å²) in [6.45, 7) is 0.920. The number of hydrogen-bond donors (Lipinski definition) is 1. The molecule has 6 rings (SSSR count). The lowest BCUT2D eigenvalue weighted by atomic mass is 9.89. The van der Waals surface area contributed by atoms with Crippen molar-refractivity contribution < 1.29 is 8.42 Å². The molecule has 0 bridgehead atoms. The lowest BCUT2D eigenvalue weighted by Gasteiger charge is -2.31. The fourth-order valence-corrected chi connectivity index (χ4v) is 6.86. The van der Waals surface area contributed by atoms with Gasteiger partial charge in [-0.1, -0.05) is 103 Å². The predicted molar refractivity (Wildman–Crippen MR) is 161 cm³/mol. The number of aromatic amines is 1. The minimum Gasteiger partial charge on any atom is -0.328 e. The molecule has 1 fully saturated rings. The second kappa shape index (κ2) is 11.1. The van der Waals surface area contributed by atoms with Gasteiger partial charge in [0.25, 0.3) is 0 Å². The average molecular weight is 547 g/mol. The molecule has 1 N–H and O–H groups in total. The number of nitrogens with zero attached hydrogens (tertiary/aromatic N) is 1. The Kier molecular flexibility index (Phi) is 7.20. The van der Waals surface area contributed by atoms with Crippen LogP contribution >= 0.6 is 0 Å². The summed E-state index contributed by atoms with van der Waals surface area (Å²) in [5.74, 6) is 0.317. The van der Waals surface area contributed by atoms with Crippen molar-refractivity contribution in [1.29, 1.82) is 0 Å². The second-order valence-electron chi connectivity index (χ2n) is 10.2. The number of piperidine rings is 1. The molecule has 0 radical (unpaired) electrons. The number of H-pyrrole nitrogens is 1. The maximum absolute atomic E-state index is 12.9. The van der Waals surface area contributed by atoms with E-state index in [1.165, 1.54) is 50.5 Å². The van der Waals surface area contributed by atoms with Crippen LogP contribution in [0.5, 0.6) is 0 Å². The average Bonchev–Trinajstić information content (AvgIpc) is 3.02. The van der Waals surface area contributed by atoms with Crippen LogP contribution < -0.4 is 5.56 Å². The number of sulfonamides is 1. The first-order valence-electron chi connectivity index (χ1n) is 13.5. The Hall–Kier alpha value is -4.26. The van der Waals surface area contributed by atoms with Gasteiger partial charge in [0.2, 0.25) is 15.6 Å². The summed E-state index contributed by atoms with van der Waals surface area (Å²) in [5, 5.41) is 0. The highest BCUT2D eigenvalue weighted by atomic mass is 32.2. The van der Waals surface area contributed by atoms with Gasteiger partial charge in [-0.15, -0.1) is 0 Å². The maximum Gasteiger partial charge on any atom is 0.247 e.